The quantitative estimate of drug-likeness (QED) is 0.861. The van der Waals surface area contributed by atoms with Crippen LogP contribution in [0.5, 0.6) is 0 Å². The van der Waals surface area contributed by atoms with Crippen molar-refractivity contribution >= 4 is 16.8 Å². The van der Waals surface area contributed by atoms with Crippen molar-refractivity contribution in [2.45, 2.75) is 61.7 Å². The van der Waals surface area contributed by atoms with Gasteiger partial charge in [-0.1, -0.05) is 12.5 Å². The normalized spacial score (nSPS) is 23.1. The molecule has 4 rings (SSSR count). The van der Waals surface area contributed by atoms with Crippen molar-refractivity contribution < 1.29 is 14.1 Å². The van der Waals surface area contributed by atoms with Crippen molar-refractivity contribution in [2.75, 3.05) is 5.75 Å². The van der Waals surface area contributed by atoms with Crippen LogP contribution in [0.2, 0.25) is 0 Å². The van der Waals surface area contributed by atoms with Crippen LogP contribution in [0.4, 0.5) is 0 Å². The molecule has 1 aromatic carbocycles. The van der Waals surface area contributed by atoms with Gasteiger partial charge in [-0.3, -0.25) is 4.21 Å². The van der Waals surface area contributed by atoms with E-state index in [1.165, 1.54) is 24.8 Å². The molecular formula is C18H22O3S. The van der Waals surface area contributed by atoms with Gasteiger partial charge in [-0.25, -0.2) is 4.79 Å². The predicted octanol–water partition coefficient (Wildman–Crippen LogP) is 4.05. The summed E-state index contributed by atoms with van der Waals surface area (Å²) in [4.78, 5) is 12.5. The molecule has 0 aromatic heterocycles. The van der Waals surface area contributed by atoms with E-state index in [1.807, 2.05) is 6.07 Å². The second kappa shape index (κ2) is 5.48. The van der Waals surface area contributed by atoms with Crippen molar-refractivity contribution in [3.63, 3.8) is 0 Å². The molecule has 3 saturated carbocycles. The Morgan fingerprint density at radius 3 is 2.32 bits per heavy atom. The molecule has 3 fully saturated rings. The summed E-state index contributed by atoms with van der Waals surface area (Å²) in [5, 5.41) is 9.54. The number of carboxylic acid groups (broad SMARTS) is 1. The van der Waals surface area contributed by atoms with Crippen LogP contribution in [0.25, 0.3) is 0 Å². The first-order chi connectivity index (χ1) is 10.6. The third kappa shape index (κ3) is 2.62. The number of carboxylic acids is 1. The standard InChI is InChI=1S/C18H22O3S/c19-18(20)15-9-8-14(12-2-1-3-12)17(16(15)13-6-7-13)22(21)10-11-4-5-11/h8-9,11-13H,1-7,10H2,(H,19,20)/t22-/m1/s1. The van der Waals surface area contributed by atoms with Crippen LogP contribution in [0.15, 0.2) is 17.0 Å². The van der Waals surface area contributed by atoms with Crippen molar-refractivity contribution in [1.29, 1.82) is 0 Å². The van der Waals surface area contributed by atoms with Gasteiger partial charge in [-0.15, -0.1) is 0 Å². The molecule has 0 radical (unpaired) electrons. The lowest BCUT2D eigenvalue weighted by atomic mass is 9.79. The molecule has 1 N–H and O–H groups in total. The summed E-state index contributed by atoms with van der Waals surface area (Å²) in [7, 11) is -1.03. The molecule has 22 heavy (non-hydrogen) atoms. The minimum absolute atomic E-state index is 0.323. The number of rotatable bonds is 6. The molecule has 1 aromatic rings. The van der Waals surface area contributed by atoms with Gasteiger partial charge in [0, 0.05) is 10.6 Å². The molecule has 0 saturated heterocycles. The maximum atomic E-state index is 13.0. The molecule has 0 heterocycles. The van der Waals surface area contributed by atoms with E-state index in [0.717, 1.165) is 41.9 Å². The second-order valence-corrected chi connectivity index (χ2v) is 8.54. The molecule has 3 aliphatic rings. The lowest BCUT2D eigenvalue weighted by Gasteiger charge is -2.29. The fourth-order valence-corrected chi connectivity index (χ4v) is 5.40. The van der Waals surface area contributed by atoms with Crippen LogP contribution in [-0.2, 0) is 10.8 Å². The molecule has 0 unspecified atom stereocenters. The van der Waals surface area contributed by atoms with Gasteiger partial charge < -0.3 is 5.11 Å². The summed E-state index contributed by atoms with van der Waals surface area (Å²) in [6, 6.07) is 3.72. The largest absolute Gasteiger partial charge is 0.478 e. The van der Waals surface area contributed by atoms with E-state index in [2.05, 4.69) is 0 Å². The fourth-order valence-electron chi connectivity index (χ4n) is 3.46. The Balaban J connectivity index is 1.82. The fraction of sp³-hybridized carbons (Fsp3) is 0.611. The summed E-state index contributed by atoms with van der Waals surface area (Å²) < 4.78 is 13.0. The van der Waals surface area contributed by atoms with E-state index in [0.29, 0.717) is 23.3 Å². The van der Waals surface area contributed by atoms with Crippen molar-refractivity contribution in [3.8, 4) is 0 Å². The number of hydrogen-bond donors (Lipinski definition) is 1. The summed E-state index contributed by atoms with van der Waals surface area (Å²) in [6.07, 6.45) is 8.00. The Bertz CT molecular complexity index is 640. The zero-order valence-electron chi connectivity index (χ0n) is 12.7. The summed E-state index contributed by atoms with van der Waals surface area (Å²) in [6.45, 7) is 0. The molecule has 4 heteroatoms. The van der Waals surface area contributed by atoms with Crippen LogP contribution in [0.1, 0.15) is 78.3 Å². The van der Waals surface area contributed by atoms with Gasteiger partial charge in [-0.2, -0.15) is 0 Å². The number of benzene rings is 1. The highest BCUT2D eigenvalue weighted by molar-refractivity contribution is 7.85. The van der Waals surface area contributed by atoms with Crippen LogP contribution >= 0.6 is 0 Å². The molecule has 0 spiro atoms. The van der Waals surface area contributed by atoms with Crippen LogP contribution in [0, 0.1) is 5.92 Å². The number of hydrogen-bond acceptors (Lipinski definition) is 2. The van der Waals surface area contributed by atoms with Gasteiger partial charge in [-0.05, 0) is 73.5 Å². The van der Waals surface area contributed by atoms with E-state index in [9.17, 15) is 14.1 Å². The van der Waals surface area contributed by atoms with Crippen LogP contribution < -0.4 is 0 Å². The minimum Gasteiger partial charge on any atom is -0.478 e. The lowest BCUT2D eigenvalue weighted by molar-refractivity contribution is 0.0695. The summed E-state index contributed by atoms with van der Waals surface area (Å²) in [5.41, 5.74) is 2.50. The van der Waals surface area contributed by atoms with E-state index < -0.39 is 16.8 Å². The third-order valence-electron chi connectivity index (χ3n) is 5.30. The Hall–Kier alpha value is -1.16. The summed E-state index contributed by atoms with van der Waals surface area (Å²) >= 11 is 0. The second-order valence-electron chi connectivity index (χ2n) is 7.11. The Kier molecular flexibility index (Phi) is 3.60. The third-order valence-corrected chi connectivity index (χ3v) is 6.98. The van der Waals surface area contributed by atoms with E-state index in [1.54, 1.807) is 6.07 Å². The zero-order chi connectivity index (χ0) is 15.3. The first-order valence-electron chi connectivity index (χ1n) is 8.43. The van der Waals surface area contributed by atoms with E-state index in [-0.39, 0.29) is 0 Å². The zero-order valence-corrected chi connectivity index (χ0v) is 13.5. The maximum Gasteiger partial charge on any atom is 0.336 e. The van der Waals surface area contributed by atoms with E-state index >= 15 is 0 Å². The van der Waals surface area contributed by atoms with Gasteiger partial charge in [0.1, 0.15) is 0 Å². The molecule has 3 aliphatic carbocycles. The van der Waals surface area contributed by atoms with Crippen molar-refractivity contribution in [1.82, 2.24) is 0 Å². The molecular weight excluding hydrogens is 296 g/mol. The first-order valence-corrected chi connectivity index (χ1v) is 9.75. The van der Waals surface area contributed by atoms with Crippen molar-refractivity contribution in [3.05, 3.63) is 28.8 Å². The predicted molar refractivity (Wildman–Crippen MR) is 86.0 cm³/mol. The molecule has 0 aliphatic heterocycles. The van der Waals surface area contributed by atoms with E-state index in [4.69, 9.17) is 0 Å². The smallest absolute Gasteiger partial charge is 0.336 e. The maximum absolute atomic E-state index is 13.0. The molecule has 3 nitrogen and oxygen atoms in total. The molecule has 0 bridgehead atoms. The SMILES string of the molecule is O=C(O)c1ccc(C2CCC2)c([S@](=O)CC2CC2)c1C1CC1. The molecule has 0 amide bonds. The van der Waals surface area contributed by atoms with Crippen LogP contribution in [0.3, 0.4) is 0 Å². The molecule has 1 atom stereocenters. The highest BCUT2D eigenvalue weighted by atomic mass is 32.2. The Labute approximate surface area is 133 Å². The number of carbonyl (C=O) groups is 1. The first kappa shape index (κ1) is 14.4. The van der Waals surface area contributed by atoms with Gasteiger partial charge in [0.25, 0.3) is 0 Å². The Morgan fingerprint density at radius 2 is 1.82 bits per heavy atom. The van der Waals surface area contributed by atoms with Gasteiger partial charge in [0.15, 0.2) is 0 Å². The monoisotopic (exact) mass is 318 g/mol. The topological polar surface area (TPSA) is 54.4 Å². The minimum atomic E-state index is -1.03. The highest BCUT2D eigenvalue weighted by Gasteiger charge is 2.37. The highest BCUT2D eigenvalue weighted by Crippen LogP contribution is 2.49. The average Bonchev–Trinajstić information content (AvgIpc) is 3.30. The Morgan fingerprint density at radius 1 is 1.09 bits per heavy atom. The number of aromatic carboxylic acids is 1. The van der Waals surface area contributed by atoms with Gasteiger partial charge in [0.05, 0.1) is 16.4 Å². The van der Waals surface area contributed by atoms with Gasteiger partial charge in [0.2, 0.25) is 0 Å². The lowest BCUT2D eigenvalue weighted by Crippen LogP contribution is -2.17. The molecule has 118 valence electrons. The average molecular weight is 318 g/mol. The van der Waals surface area contributed by atoms with Gasteiger partial charge >= 0.3 is 5.97 Å². The van der Waals surface area contributed by atoms with Crippen LogP contribution in [-0.4, -0.2) is 21.0 Å². The van der Waals surface area contributed by atoms with Crippen molar-refractivity contribution in [2.24, 2.45) is 5.92 Å². The summed E-state index contributed by atoms with van der Waals surface area (Å²) in [5.74, 6) is 1.27.